The first-order valence-corrected chi connectivity index (χ1v) is 13.1. The van der Waals surface area contributed by atoms with E-state index in [-0.39, 0.29) is 12.2 Å². The Morgan fingerprint density at radius 3 is 2.11 bits per heavy atom. The van der Waals surface area contributed by atoms with Crippen LogP contribution in [0.1, 0.15) is 63.4 Å². The van der Waals surface area contributed by atoms with Crippen LogP contribution in [-0.4, -0.2) is 8.80 Å². The van der Waals surface area contributed by atoms with E-state index < -0.39 is 32.3 Å². The fraction of sp³-hybridized carbons (Fsp3) is 0.636. The smallest absolute Gasteiger partial charge is 0.305 e. The van der Waals surface area contributed by atoms with Gasteiger partial charge in [-0.1, -0.05) is 44.3 Å². The third-order valence-electron chi connectivity index (χ3n) is 6.78. The Morgan fingerprint density at radius 1 is 1.00 bits per heavy atom. The molecule has 28 heavy (non-hydrogen) atoms. The van der Waals surface area contributed by atoms with Gasteiger partial charge in [-0.15, -0.1) is 0 Å². The van der Waals surface area contributed by atoms with Gasteiger partial charge in [0.05, 0.1) is 0 Å². The van der Waals surface area contributed by atoms with E-state index in [0.717, 1.165) is 37.5 Å². The molecule has 1 saturated heterocycles. The summed E-state index contributed by atoms with van der Waals surface area (Å²) in [5.74, 6) is -0.884. The molecular formula is C22H30F4OSi. The summed E-state index contributed by atoms with van der Waals surface area (Å²) >= 11 is 0. The van der Waals surface area contributed by atoms with Crippen molar-refractivity contribution in [2.24, 2.45) is 11.8 Å². The highest BCUT2D eigenvalue weighted by Crippen LogP contribution is 2.44. The van der Waals surface area contributed by atoms with Gasteiger partial charge in [0.2, 0.25) is 0 Å². The number of benzene rings is 1. The van der Waals surface area contributed by atoms with E-state index in [9.17, 15) is 17.6 Å². The summed E-state index contributed by atoms with van der Waals surface area (Å²) in [5.41, 5.74) is 0.615. The highest BCUT2D eigenvalue weighted by atomic mass is 28.3. The van der Waals surface area contributed by atoms with Crippen LogP contribution in [-0.2, 0) is 0 Å². The highest BCUT2D eigenvalue weighted by molar-refractivity contribution is 6.58. The number of rotatable bonds is 6. The number of hydrogen-bond acceptors (Lipinski definition) is 1. The van der Waals surface area contributed by atoms with Crippen LogP contribution in [0.4, 0.5) is 17.6 Å². The minimum atomic E-state index is -2.13. The molecule has 0 N–H and O–H groups in total. The SMILES string of the molecule is CCC[Si@H]1CC[C@H]([C@H]2CC[C@H](c3cc(F)c(OC=C(F)F)c(F)c3)CC2)CC1. The average molecular weight is 415 g/mol. The van der Waals surface area contributed by atoms with Crippen LogP contribution in [0, 0.1) is 23.5 Å². The number of halogens is 4. The second-order valence-electron chi connectivity index (χ2n) is 8.52. The fourth-order valence-electron chi connectivity index (χ4n) is 5.31. The van der Waals surface area contributed by atoms with Crippen molar-refractivity contribution in [1.29, 1.82) is 0 Å². The van der Waals surface area contributed by atoms with E-state index in [1.54, 1.807) is 0 Å². The number of ether oxygens (including phenoxy) is 1. The summed E-state index contributed by atoms with van der Waals surface area (Å²) in [7, 11) is -0.456. The molecule has 1 saturated carbocycles. The second kappa shape index (κ2) is 9.95. The molecule has 1 nitrogen and oxygen atoms in total. The molecule has 6 heteroatoms. The van der Waals surface area contributed by atoms with Crippen molar-refractivity contribution in [1.82, 2.24) is 0 Å². The van der Waals surface area contributed by atoms with E-state index in [4.69, 9.17) is 0 Å². The molecule has 0 spiro atoms. The molecular weight excluding hydrogens is 384 g/mol. The van der Waals surface area contributed by atoms with Gasteiger partial charge in [0.1, 0.15) is 0 Å². The van der Waals surface area contributed by atoms with Gasteiger partial charge in [-0.25, -0.2) is 8.78 Å². The average Bonchev–Trinajstić information content (AvgIpc) is 2.68. The molecule has 0 aromatic heterocycles. The standard InChI is InChI=1S/C22H30F4OSi/c1-2-9-28-10-7-17(8-11-28)15-3-5-16(6-4-15)18-12-19(23)22(20(24)13-18)27-14-21(25)26/h12-17,28H,2-11H2,1H3/t15-,16-,17-,28-. The maximum absolute atomic E-state index is 14.1. The lowest BCUT2D eigenvalue weighted by molar-refractivity contribution is 0.216. The largest absolute Gasteiger partial charge is 0.453 e. The lowest BCUT2D eigenvalue weighted by atomic mass is 9.72. The summed E-state index contributed by atoms with van der Waals surface area (Å²) < 4.78 is 56.9. The van der Waals surface area contributed by atoms with Crippen LogP contribution < -0.4 is 4.74 Å². The van der Waals surface area contributed by atoms with Crippen molar-refractivity contribution in [3.8, 4) is 5.75 Å². The van der Waals surface area contributed by atoms with E-state index in [1.165, 1.54) is 49.5 Å². The summed E-state index contributed by atoms with van der Waals surface area (Å²) in [6.45, 7) is 2.29. The molecule has 1 aliphatic heterocycles. The molecule has 0 unspecified atom stereocenters. The molecule has 0 bridgehead atoms. The van der Waals surface area contributed by atoms with Gasteiger partial charge in [-0.05, 0) is 61.1 Å². The van der Waals surface area contributed by atoms with Crippen molar-refractivity contribution < 1.29 is 22.3 Å². The lowest BCUT2D eigenvalue weighted by Gasteiger charge is -2.37. The zero-order valence-corrected chi connectivity index (χ0v) is 17.7. The molecule has 1 heterocycles. The third-order valence-corrected chi connectivity index (χ3v) is 10.5. The zero-order chi connectivity index (χ0) is 20.1. The quantitative estimate of drug-likeness (QED) is 0.268. The van der Waals surface area contributed by atoms with Crippen molar-refractivity contribution in [3.63, 3.8) is 0 Å². The molecule has 1 aromatic rings. The minimum absolute atomic E-state index is 0.0600. The second-order valence-corrected chi connectivity index (χ2v) is 12.0. The van der Waals surface area contributed by atoms with Crippen LogP contribution >= 0.6 is 0 Å². The predicted molar refractivity (Wildman–Crippen MR) is 107 cm³/mol. The normalized spacial score (nSPS) is 28.0. The van der Waals surface area contributed by atoms with Crippen molar-refractivity contribution in [2.75, 3.05) is 0 Å². The molecule has 2 aliphatic rings. The Bertz CT molecular complexity index is 650. The fourth-order valence-corrected chi connectivity index (χ4v) is 8.79. The van der Waals surface area contributed by atoms with Gasteiger partial charge in [0.25, 0.3) is 0 Å². The van der Waals surface area contributed by atoms with Gasteiger partial charge in [-0.2, -0.15) is 8.78 Å². The van der Waals surface area contributed by atoms with Crippen LogP contribution in [0.3, 0.4) is 0 Å². The minimum Gasteiger partial charge on any atom is -0.453 e. The van der Waals surface area contributed by atoms with Gasteiger partial charge in [0, 0.05) is 8.80 Å². The van der Waals surface area contributed by atoms with E-state index >= 15 is 0 Å². The maximum Gasteiger partial charge on any atom is 0.305 e. The molecule has 0 radical (unpaired) electrons. The Morgan fingerprint density at radius 2 is 1.57 bits per heavy atom. The van der Waals surface area contributed by atoms with Gasteiger partial charge in [-0.3, -0.25) is 0 Å². The van der Waals surface area contributed by atoms with Gasteiger partial charge < -0.3 is 4.74 Å². The Kier molecular flexibility index (Phi) is 7.60. The first kappa shape index (κ1) is 21.4. The molecule has 1 aromatic carbocycles. The Balaban J connectivity index is 1.56. The molecule has 3 rings (SSSR count). The topological polar surface area (TPSA) is 9.23 Å². The Hall–Kier alpha value is -1.30. The maximum atomic E-state index is 14.1. The van der Waals surface area contributed by atoms with E-state index in [0.29, 0.717) is 5.56 Å². The van der Waals surface area contributed by atoms with Crippen LogP contribution in [0.2, 0.25) is 18.1 Å². The van der Waals surface area contributed by atoms with Crippen molar-refractivity contribution in [2.45, 2.75) is 75.9 Å². The molecule has 1 aliphatic carbocycles. The van der Waals surface area contributed by atoms with Crippen LogP contribution in [0.5, 0.6) is 5.75 Å². The monoisotopic (exact) mass is 414 g/mol. The summed E-state index contributed by atoms with van der Waals surface area (Å²) in [6.07, 6.45) is 6.16. The third kappa shape index (κ3) is 5.40. The van der Waals surface area contributed by atoms with Crippen LogP contribution in [0.25, 0.3) is 0 Å². The van der Waals surface area contributed by atoms with E-state index in [1.807, 2.05) is 0 Å². The molecule has 156 valence electrons. The van der Waals surface area contributed by atoms with Gasteiger partial charge in [0.15, 0.2) is 23.6 Å². The first-order valence-electron chi connectivity index (χ1n) is 10.6. The lowest BCUT2D eigenvalue weighted by Crippen LogP contribution is -2.28. The summed E-state index contributed by atoms with van der Waals surface area (Å²) in [4.78, 5) is 0. The summed E-state index contributed by atoms with van der Waals surface area (Å²) in [6, 6.07) is 6.96. The van der Waals surface area contributed by atoms with Gasteiger partial charge >= 0.3 is 6.08 Å². The summed E-state index contributed by atoms with van der Waals surface area (Å²) in [5, 5.41) is 0. The molecule has 0 amide bonds. The van der Waals surface area contributed by atoms with Crippen molar-refractivity contribution in [3.05, 3.63) is 41.7 Å². The molecule has 0 atom stereocenters. The molecule has 2 fully saturated rings. The van der Waals surface area contributed by atoms with Crippen LogP contribution in [0.15, 0.2) is 24.5 Å². The highest BCUT2D eigenvalue weighted by Gasteiger charge is 2.32. The predicted octanol–water partition coefficient (Wildman–Crippen LogP) is 7.40. The van der Waals surface area contributed by atoms with Crippen molar-refractivity contribution >= 4 is 8.80 Å². The zero-order valence-electron chi connectivity index (χ0n) is 16.5. The number of hydrogen-bond donors (Lipinski definition) is 0. The Labute approximate surface area is 166 Å². The first-order chi connectivity index (χ1) is 13.5. The van der Waals surface area contributed by atoms with E-state index in [2.05, 4.69) is 11.7 Å².